The third kappa shape index (κ3) is 2.11. The summed E-state index contributed by atoms with van der Waals surface area (Å²) in [5, 5.41) is 5.60. The van der Waals surface area contributed by atoms with Gasteiger partial charge in [0.25, 0.3) is 0 Å². The van der Waals surface area contributed by atoms with Crippen LogP contribution in [0.2, 0.25) is 5.02 Å². The van der Waals surface area contributed by atoms with Crippen molar-refractivity contribution in [3.63, 3.8) is 0 Å². The smallest absolute Gasteiger partial charge is 0.230 e. The molecule has 0 aliphatic carbocycles. The molecule has 0 atom stereocenters. The second kappa shape index (κ2) is 4.68. The van der Waals surface area contributed by atoms with Crippen LogP contribution < -0.4 is 5.73 Å². The quantitative estimate of drug-likeness (QED) is 0.775. The Labute approximate surface area is 118 Å². The predicted octanol–water partition coefficient (Wildman–Crippen LogP) is 4.01. The van der Waals surface area contributed by atoms with Crippen molar-refractivity contribution in [2.45, 2.75) is 6.92 Å². The van der Waals surface area contributed by atoms with Gasteiger partial charge in [-0.05, 0) is 13.0 Å². The Morgan fingerprint density at radius 3 is 2.79 bits per heavy atom. The summed E-state index contributed by atoms with van der Waals surface area (Å²) in [6.45, 7) is 1.94. The van der Waals surface area contributed by atoms with Crippen LogP contribution in [-0.2, 0) is 0 Å². The summed E-state index contributed by atoms with van der Waals surface area (Å²) < 4.78 is 5.12. The van der Waals surface area contributed by atoms with Crippen LogP contribution in [0.25, 0.3) is 21.7 Å². The van der Waals surface area contributed by atoms with E-state index in [0.717, 1.165) is 15.4 Å². The number of thiazole rings is 1. The Morgan fingerprint density at radius 2 is 2.11 bits per heavy atom. The van der Waals surface area contributed by atoms with Crippen molar-refractivity contribution in [3.8, 4) is 21.7 Å². The highest BCUT2D eigenvalue weighted by atomic mass is 35.5. The number of nitrogens with zero attached hydrogens (tertiary/aromatic N) is 2. The summed E-state index contributed by atoms with van der Waals surface area (Å²) in [5.41, 5.74) is 8.09. The number of aryl methyl sites for hydroxylation is 1. The number of aromatic nitrogens is 2. The van der Waals surface area contributed by atoms with E-state index in [9.17, 15) is 0 Å². The monoisotopic (exact) mass is 291 g/mol. The average Bonchev–Trinajstić information content (AvgIpc) is 2.96. The third-order valence-electron chi connectivity index (χ3n) is 2.72. The van der Waals surface area contributed by atoms with E-state index in [2.05, 4.69) is 10.1 Å². The van der Waals surface area contributed by atoms with Crippen LogP contribution in [0.1, 0.15) is 5.01 Å². The first kappa shape index (κ1) is 12.2. The maximum atomic E-state index is 6.22. The molecule has 0 bridgehead atoms. The Morgan fingerprint density at radius 1 is 1.32 bits per heavy atom. The van der Waals surface area contributed by atoms with Crippen LogP contribution in [0, 0.1) is 6.92 Å². The lowest BCUT2D eigenvalue weighted by Crippen LogP contribution is -1.87. The van der Waals surface area contributed by atoms with Gasteiger partial charge < -0.3 is 10.3 Å². The van der Waals surface area contributed by atoms with Crippen molar-refractivity contribution in [1.82, 2.24) is 10.1 Å². The van der Waals surface area contributed by atoms with E-state index < -0.39 is 0 Å². The Bertz CT molecular complexity index is 735. The van der Waals surface area contributed by atoms with Gasteiger partial charge in [-0.25, -0.2) is 4.98 Å². The molecular formula is C13H10ClN3OS. The summed E-state index contributed by atoms with van der Waals surface area (Å²) in [4.78, 5) is 5.13. The minimum absolute atomic E-state index is 0.258. The van der Waals surface area contributed by atoms with Crippen molar-refractivity contribution in [2.24, 2.45) is 0 Å². The van der Waals surface area contributed by atoms with Gasteiger partial charge in [0, 0.05) is 16.8 Å². The maximum Gasteiger partial charge on any atom is 0.230 e. The van der Waals surface area contributed by atoms with Crippen molar-refractivity contribution in [1.29, 1.82) is 0 Å². The minimum atomic E-state index is 0.258. The summed E-state index contributed by atoms with van der Waals surface area (Å²) in [7, 11) is 0. The van der Waals surface area contributed by atoms with Gasteiger partial charge in [-0.15, -0.1) is 11.3 Å². The molecule has 0 unspecified atom stereocenters. The lowest BCUT2D eigenvalue weighted by atomic mass is 10.1. The molecule has 2 heterocycles. The molecular weight excluding hydrogens is 282 g/mol. The van der Waals surface area contributed by atoms with Crippen molar-refractivity contribution in [3.05, 3.63) is 40.5 Å². The maximum absolute atomic E-state index is 6.22. The fourth-order valence-corrected chi connectivity index (χ4v) is 2.86. The Balaban J connectivity index is 2.22. The van der Waals surface area contributed by atoms with E-state index >= 15 is 0 Å². The molecule has 3 rings (SSSR count). The molecule has 3 aromatic rings. The molecule has 0 aliphatic heterocycles. The number of nitrogens with two attached hydrogens (primary N) is 1. The van der Waals surface area contributed by atoms with Crippen LogP contribution in [-0.4, -0.2) is 10.1 Å². The molecule has 2 aromatic heterocycles. The first-order valence-electron chi connectivity index (χ1n) is 5.59. The molecule has 0 saturated heterocycles. The van der Waals surface area contributed by atoms with Gasteiger partial charge in [0.05, 0.1) is 15.4 Å². The lowest BCUT2D eigenvalue weighted by molar-refractivity contribution is 0.439. The van der Waals surface area contributed by atoms with Gasteiger partial charge in [-0.2, -0.15) is 0 Å². The molecule has 0 saturated carbocycles. The summed E-state index contributed by atoms with van der Waals surface area (Å²) >= 11 is 7.75. The van der Waals surface area contributed by atoms with Gasteiger partial charge in [-0.1, -0.05) is 35.0 Å². The Kier molecular flexibility index (Phi) is 3.00. The normalized spacial score (nSPS) is 10.8. The molecule has 0 spiro atoms. The molecule has 4 nitrogen and oxygen atoms in total. The number of nitrogen functional groups attached to an aromatic ring is 1. The topological polar surface area (TPSA) is 64.9 Å². The molecule has 0 amide bonds. The van der Waals surface area contributed by atoms with Crippen LogP contribution in [0.5, 0.6) is 0 Å². The van der Waals surface area contributed by atoms with Gasteiger partial charge in [-0.3, -0.25) is 0 Å². The van der Waals surface area contributed by atoms with E-state index in [1.165, 1.54) is 11.3 Å². The van der Waals surface area contributed by atoms with Crippen LogP contribution in [0.4, 0.5) is 5.88 Å². The molecule has 6 heteroatoms. The number of anilines is 1. The standard InChI is InChI=1S/C13H10ClN3OS/c1-7-16-6-10(19-7)12-11(13(15)18-17-12)8-4-2-3-5-9(8)14/h2-6H,15H2,1H3. The van der Waals surface area contributed by atoms with Crippen molar-refractivity contribution in [2.75, 3.05) is 5.73 Å². The van der Waals surface area contributed by atoms with Gasteiger partial charge in [0.15, 0.2) is 0 Å². The second-order valence-corrected chi connectivity index (χ2v) is 5.64. The summed E-state index contributed by atoms with van der Waals surface area (Å²) in [6, 6.07) is 7.47. The molecule has 96 valence electrons. The number of hydrogen-bond acceptors (Lipinski definition) is 5. The van der Waals surface area contributed by atoms with E-state index in [0.29, 0.717) is 16.3 Å². The molecule has 19 heavy (non-hydrogen) atoms. The summed E-state index contributed by atoms with van der Waals surface area (Å²) in [5.74, 6) is 0.258. The number of rotatable bonds is 2. The number of benzene rings is 1. The van der Waals surface area contributed by atoms with E-state index in [4.69, 9.17) is 21.9 Å². The summed E-state index contributed by atoms with van der Waals surface area (Å²) in [6.07, 6.45) is 1.76. The zero-order chi connectivity index (χ0) is 13.4. The first-order valence-corrected chi connectivity index (χ1v) is 6.79. The third-order valence-corrected chi connectivity index (χ3v) is 3.97. The molecule has 0 radical (unpaired) electrons. The van der Waals surface area contributed by atoms with Gasteiger partial charge in [0.2, 0.25) is 5.88 Å². The fraction of sp³-hybridized carbons (Fsp3) is 0.0769. The zero-order valence-corrected chi connectivity index (χ0v) is 11.6. The Hall–Kier alpha value is -1.85. The van der Waals surface area contributed by atoms with E-state index in [1.807, 2.05) is 31.2 Å². The lowest BCUT2D eigenvalue weighted by Gasteiger charge is -2.03. The highest BCUT2D eigenvalue weighted by Gasteiger charge is 2.20. The van der Waals surface area contributed by atoms with Crippen LogP contribution >= 0.6 is 22.9 Å². The number of hydrogen-bond donors (Lipinski definition) is 1. The average molecular weight is 292 g/mol. The molecule has 0 fully saturated rings. The fourth-order valence-electron chi connectivity index (χ4n) is 1.87. The molecule has 2 N–H and O–H groups in total. The number of halogens is 1. The highest BCUT2D eigenvalue weighted by Crippen LogP contribution is 2.40. The highest BCUT2D eigenvalue weighted by molar-refractivity contribution is 7.15. The largest absolute Gasteiger partial charge is 0.367 e. The predicted molar refractivity (Wildman–Crippen MR) is 77.2 cm³/mol. The van der Waals surface area contributed by atoms with Crippen molar-refractivity contribution < 1.29 is 4.52 Å². The van der Waals surface area contributed by atoms with Crippen molar-refractivity contribution >= 4 is 28.8 Å². The minimum Gasteiger partial charge on any atom is -0.367 e. The molecule has 1 aromatic carbocycles. The van der Waals surface area contributed by atoms with E-state index in [-0.39, 0.29) is 5.88 Å². The first-order chi connectivity index (χ1) is 9.16. The van der Waals surface area contributed by atoms with Crippen LogP contribution in [0.3, 0.4) is 0 Å². The van der Waals surface area contributed by atoms with E-state index in [1.54, 1.807) is 6.20 Å². The second-order valence-electron chi connectivity index (χ2n) is 3.99. The van der Waals surface area contributed by atoms with Crippen LogP contribution in [0.15, 0.2) is 35.0 Å². The van der Waals surface area contributed by atoms with Gasteiger partial charge >= 0.3 is 0 Å². The zero-order valence-electron chi connectivity index (χ0n) is 10.1. The SMILES string of the molecule is Cc1ncc(-c2noc(N)c2-c2ccccc2Cl)s1. The van der Waals surface area contributed by atoms with Gasteiger partial charge in [0.1, 0.15) is 5.69 Å². The molecule has 0 aliphatic rings.